The van der Waals surface area contributed by atoms with E-state index in [0.29, 0.717) is 25.7 Å². The zero-order valence-electron chi connectivity index (χ0n) is 40.1. The molecule has 1 rings (SSSR count). The van der Waals surface area contributed by atoms with Crippen LogP contribution < -0.4 is 60.2 Å². The van der Waals surface area contributed by atoms with Gasteiger partial charge < -0.3 is 85.5 Å². The van der Waals surface area contributed by atoms with Gasteiger partial charge in [0.05, 0.1) is 12.6 Å². The van der Waals surface area contributed by atoms with E-state index in [1.807, 2.05) is 6.92 Å². The average Bonchev–Trinajstić information content (AvgIpc) is 3.80. The van der Waals surface area contributed by atoms with Crippen molar-refractivity contribution in [1.82, 2.24) is 42.1 Å². The molecule has 28 heteroatoms. The summed E-state index contributed by atoms with van der Waals surface area (Å²) in [5.74, 6) is -12.1. The van der Waals surface area contributed by atoms with Gasteiger partial charge in [0, 0.05) is 25.9 Å². The average molecular weight is 1000 g/mol. The molecule has 0 saturated carbocycles. The van der Waals surface area contributed by atoms with Crippen molar-refractivity contribution in [2.45, 2.75) is 159 Å². The summed E-state index contributed by atoms with van der Waals surface area (Å²) < 4.78 is 0. The minimum atomic E-state index is -1.75. The maximum atomic E-state index is 13.9. The van der Waals surface area contributed by atoms with Gasteiger partial charge in [-0.2, -0.15) is 0 Å². The first-order chi connectivity index (χ1) is 32.9. The number of aliphatic hydroxyl groups is 1. The number of aliphatic hydroxyl groups excluding tert-OH is 1. The smallest absolute Gasteiger partial charge is 0.326 e. The fraction of sp³-hybridized carbons (Fsp3) is 0.714. The molecule has 396 valence electrons. The zero-order valence-corrected chi connectivity index (χ0v) is 40.1. The number of nitrogens with two attached hydrogens (primary N) is 4. The third-order valence-electron chi connectivity index (χ3n) is 11.3. The van der Waals surface area contributed by atoms with Crippen molar-refractivity contribution in [3.63, 3.8) is 0 Å². The van der Waals surface area contributed by atoms with Gasteiger partial charge in [-0.05, 0) is 84.1 Å². The summed E-state index contributed by atoms with van der Waals surface area (Å²) in [6, 6.07) is -12.5. The molecule has 0 aromatic heterocycles. The number of hydrogen-bond donors (Lipinski definition) is 15. The van der Waals surface area contributed by atoms with E-state index in [1.165, 1.54) is 18.7 Å². The molecule has 1 heterocycles. The lowest BCUT2D eigenvalue weighted by Crippen LogP contribution is -2.60. The molecule has 19 N–H and O–H groups in total. The number of unbranched alkanes of at least 4 members (excludes halogenated alkanes) is 1. The molecule has 1 aliphatic heterocycles. The Bertz CT molecular complexity index is 1870. The predicted octanol–water partition coefficient (Wildman–Crippen LogP) is -5.23. The summed E-state index contributed by atoms with van der Waals surface area (Å²) in [4.78, 5) is 147. The zero-order chi connectivity index (χ0) is 53.2. The molecule has 1 saturated heterocycles. The van der Waals surface area contributed by atoms with Crippen molar-refractivity contribution in [2.24, 2.45) is 33.8 Å². The molecule has 70 heavy (non-hydrogen) atoms. The Morgan fingerprint density at radius 1 is 0.643 bits per heavy atom. The lowest BCUT2D eigenvalue weighted by Gasteiger charge is -2.32. The fourth-order valence-electron chi connectivity index (χ4n) is 7.00. The summed E-state index contributed by atoms with van der Waals surface area (Å²) in [5.41, 5.74) is 22.0. The third-order valence-corrected chi connectivity index (χ3v) is 11.3. The van der Waals surface area contributed by atoms with Gasteiger partial charge in [-0.15, -0.1) is 0 Å². The van der Waals surface area contributed by atoms with Crippen LogP contribution in [0, 0.1) is 5.92 Å². The van der Waals surface area contributed by atoms with Crippen LogP contribution in [0.5, 0.6) is 0 Å². The largest absolute Gasteiger partial charge is 0.481 e. The number of amides is 8. The second kappa shape index (κ2) is 31.4. The second-order valence-corrected chi connectivity index (χ2v) is 17.0. The van der Waals surface area contributed by atoms with Gasteiger partial charge in [-0.3, -0.25) is 52.9 Å². The van der Waals surface area contributed by atoms with E-state index in [2.05, 4.69) is 42.2 Å². The lowest BCUT2D eigenvalue weighted by atomic mass is 9.97. The monoisotopic (exact) mass is 1000 g/mol. The summed E-state index contributed by atoms with van der Waals surface area (Å²) in [6.07, 6.45) is -0.924. The maximum absolute atomic E-state index is 13.9. The van der Waals surface area contributed by atoms with E-state index < -0.39 is 152 Å². The minimum Gasteiger partial charge on any atom is -0.481 e. The van der Waals surface area contributed by atoms with Gasteiger partial charge in [0.15, 0.2) is 5.96 Å². The van der Waals surface area contributed by atoms with Crippen LogP contribution in [-0.4, -0.2) is 177 Å². The molecule has 0 bridgehead atoms. The molecule has 0 aromatic rings. The van der Waals surface area contributed by atoms with E-state index in [1.54, 1.807) is 6.92 Å². The molecule has 1 fully saturated rings. The molecule has 1 aliphatic rings. The van der Waals surface area contributed by atoms with Crippen LogP contribution >= 0.6 is 0 Å². The summed E-state index contributed by atoms with van der Waals surface area (Å²) in [7, 11) is 0. The van der Waals surface area contributed by atoms with Gasteiger partial charge in [-0.25, -0.2) is 4.79 Å². The van der Waals surface area contributed by atoms with Crippen molar-refractivity contribution in [3.8, 4) is 0 Å². The van der Waals surface area contributed by atoms with Crippen LogP contribution in [0.2, 0.25) is 0 Å². The number of hydrogen-bond acceptors (Lipinski definition) is 15. The van der Waals surface area contributed by atoms with Crippen LogP contribution in [-0.2, 0) is 52.7 Å². The highest BCUT2D eigenvalue weighted by Gasteiger charge is 2.40. The number of carboxylic acid groups (broad SMARTS) is 3. The number of guanidine groups is 1. The molecular formula is C42H73N13O15. The highest BCUT2D eigenvalue weighted by atomic mass is 16.4. The number of carbonyl (C=O) groups is 11. The Morgan fingerprint density at radius 3 is 1.59 bits per heavy atom. The summed E-state index contributed by atoms with van der Waals surface area (Å²) in [5, 5.41) is 55.2. The van der Waals surface area contributed by atoms with Crippen LogP contribution in [0.3, 0.4) is 0 Å². The van der Waals surface area contributed by atoms with Gasteiger partial charge in [0.25, 0.3) is 0 Å². The van der Waals surface area contributed by atoms with E-state index in [4.69, 9.17) is 22.9 Å². The first-order valence-corrected chi connectivity index (χ1v) is 23.1. The standard InChI is InChI=1S/C42H73N13O15/c1-5-21(2)32(54-33(61)22(3)44)40(68)55-19-9-12-29(55)39(67)48-23(4)34(62)53-28(20-56)38(66)49-24(11-8-18-47-42(45)46)35(63)50-25(13-15-30(57)58)36(64)51-26(14-16-31(59)60)37(65)52-27(41(69)70)10-6-7-17-43/h21-29,32,56H,5-20,43-44H2,1-4H3,(H,48,67)(H,49,66)(H,50,63)(H,51,64)(H,52,65)(H,53,62)(H,54,61)(H,57,58)(H,59,60)(H,69,70)(H4,45,46,47)/t21-,22-,23-,24-,25-,26-,27-,28-,29-,32-/m0/s1. The Hall–Kier alpha value is -6.68. The topological polar surface area (TPSA) is 473 Å². The Kier molecular flexibility index (Phi) is 27.6. The Labute approximate surface area is 405 Å². The molecule has 8 amide bonds. The number of aliphatic carboxylic acids is 3. The molecule has 10 atom stereocenters. The first-order valence-electron chi connectivity index (χ1n) is 23.1. The van der Waals surface area contributed by atoms with Crippen molar-refractivity contribution in [2.75, 3.05) is 26.2 Å². The second-order valence-electron chi connectivity index (χ2n) is 17.0. The van der Waals surface area contributed by atoms with Gasteiger partial charge in [0.2, 0.25) is 47.3 Å². The third kappa shape index (κ3) is 21.7. The van der Waals surface area contributed by atoms with Crippen LogP contribution in [0.25, 0.3) is 0 Å². The molecule has 0 unspecified atom stereocenters. The van der Waals surface area contributed by atoms with E-state index in [-0.39, 0.29) is 57.2 Å². The number of aliphatic imine (C=N–C) groups is 1. The Morgan fingerprint density at radius 2 is 1.13 bits per heavy atom. The number of nitrogens with zero attached hydrogens (tertiary/aromatic N) is 2. The van der Waals surface area contributed by atoms with Gasteiger partial charge in [0.1, 0.15) is 48.3 Å². The minimum absolute atomic E-state index is 0.00618. The molecule has 0 aromatic carbocycles. The molecule has 0 spiro atoms. The number of carbonyl (C=O) groups excluding carboxylic acids is 8. The summed E-state index contributed by atoms with van der Waals surface area (Å²) >= 11 is 0. The lowest BCUT2D eigenvalue weighted by molar-refractivity contribution is -0.143. The van der Waals surface area contributed by atoms with Gasteiger partial charge >= 0.3 is 17.9 Å². The number of likely N-dealkylation sites (tertiary alicyclic amines) is 1. The molecule has 0 aliphatic carbocycles. The quantitative estimate of drug-likeness (QED) is 0.0166. The van der Waals surface area contributed by atoms with Crippen LogP contribution in [0.1, 0.15) is 105 Å². The van der Waals surface area contributed by atoms with Crippen molar-refractivity contribution < 1.29 is 73.2 Å². The predicted molar refractivity (Wildman–Crippen MR) is 248 cm³/mol. The normalized spacial score (nSPS) is 17.0. The van der Waals surface area contributed by atoms with E-state index >= 15 is 0 Å². The molecule has 28 nitrogen and oxygen atoms in total. The maximum Gasteiger partial charge on any atom is 0.326 e. The van der Waals surface area contributed by atoms with E-state index in [0.717, 1.165) is 0 Å². The highest BCUT2D eigenvalue weighted by Crippen LogP contribution is 2.22. The number of nitrogens with one attached hydrogen (secondary N) is 7. The number of rotatable bonds is 33. The fourth-order valence-corrected chi connectivity index (χ4v) is 7.00. The highest BCUT2D eigenvalue weighted by molar-refractivity contribution is 5.98. The van der Waals surface area contributed by atoms with Crippen molar-refractivity contribution in [1.29, 1.82) is 0 Å². The van der Waals surface area contributed by atoms with Gasteiger partial charge in [-0.1, -0.05) is 20.3 Å². The van der Waals surface area contributed by atoms with Crippen molar-refractivity contribution >= 4 is 71.1 Å². The van der Waals surface area contributed by atoms with Crippen LogP contribution in [0.15, 0.2) is 4.99 Å². The molecular weight excluding hydrogens is 927 g/mol. The van der Waals surface area contributed by atoms with Crippen LogP contribution in [0.4, 0.5) is 0 Å². The first kappa shape index (κ1) is 61.3. The van der Waals surface area contributed by atoms with Crippen molar-refractivity contribution in [3.05, 3.63) is 0 Å². The number of carboxylic acids is 3. The summed E-state index contributed by atoms with van der Waals surface area (Å²) in [6.45, 7) is 5.65. The Balaban J connectivity index is 3.31. The molecule has 0 radical (unpaired) electrons. The van der Waals surface area contributed by atoms with E-state index in [9.17, 15) is 73.2 Å². The SMILES string of the molecule is CC[C@H](C)[C@H](NC(=O)[C@H](C)N)C(=O)N1CCC[C@H]1C(=O)N[C@@H](C)C(=O)N[C@@H](CO)C(=O)N[C@@H](CCCN=C(N)N)C(=O)N[C@@H](CCC(=O)O)C(=O)N[C@@H](CCC(=O)O)C(=O)N[C@@H](CCCCN)C(=O)O.